The van der Waals surface area contributed by atoms with E-state index in [1.54, 1.807) is 19.2 Å². The molecule has 2 N–H and O–H groups in total. The van der Waals surface area contributed by atoms with Crippen molar-refractivity contribution >= 4 is 17.4 Å². The zero-order chi connectivity index (χ0) is 26.2. The van der Waals surface area contributed by atoms with Gasteiger partial charge in [-0.25, -0.2) is 9.97 Å². The summed E-state index contributed by atoms with van der Waals surface area (Å²) >= 11 is 6.67. The molecule has 5 rings (SSSR count). The normalized spacial score (nSPS) is 20.2. The molecule has 0 saturated carbocycles. The number of halogens is 1. The minimum absolute atomic E-state index is 0.0969. The van der Waals surface area contributed by atoms with Gasteiger partial charge in [-0.2, -0.15) is 0 Å². The third kappa shape index (κ3) is 5.18. The molecule has 0 bridgehead atoms. The largest absolute Gasteiger partial charge is 0.491 e. The van der Waals surface area contributed by atoms with Crippen molar-refractivity contribution in [3.05, 3.63) is 40.2 Å². The topological polar surface area (TPSA) is 106 Å². The van der Waals surface area contributed by atoms with E-state index < -0.39 is 6.10 Å². The number of aryl methyl sites for hydroxylation is 2. The molecule has 4 heterocycles. The second-order valence-corrected chi connectivity index (χ2v) is 10.4. The smallest absolute Gasteiger partial charge is 0.163 e. The molecule has 0 amide bonds. The van der Waals surface area contributed by atoms with Crippen LogP contribution >= 0.6 is 11.6 Å². The molecule has 2 aliphatic rings. The Morgan fingerprint density at radius 3 is 2.78 bits per heavy atom. The summed E-state index contributed by atoms with van der Waals surface area (Å²) in [5.74, 6) is 2.64. The lowest BCUT2D eigenvalue weighted by atomic mass is 10.00. The fraction of sp³-hybridized carbons (Fsp3) is 0.519. The molecule has 2 atom stereocenters. The van der Waals surface area contributed by atoms with Crippen molar-refractivity contribution in [3.8, 4) is 28.4 Å². The highest BCUT2D eigenvalue weighted by Gasteiger charge is 2.42. The highest BCUT2D eigenvalue weighted by atomic mass is 35.5. The van der Waals surface area contributed by atoms with Crippen LogP contribution in [-0.4, -0.2) is 71.8 Å². The summed E-state index contributed by atoms with van der Waals surface area (Å²) in [6.45, 7) is 8.93. The van der Waals surface area contributed by atoms with Crippen molar-refractivity contribution in [2.24, 2.45) is 0 Å². The van der Waals surface area contributed by atoms with Gasteiger partial charge in [0.15, 0.2) is 5.82 Å². The Morgan fingerprint density at radius 2 is 2.08 bits per heavy atom. The molecule has 1 spiro atoms. The summed E-state index contributed by atoms with van der Waals surface area (Å²) < 4.78 is 17.5. The summed E-state index contributed by atoms with van der Waals surface area (Å²) in [6.07, 6.45) is 2.52. The monoisotopic (exact) mass is 527 g/mol. The van der Waals surface area contributed by atoms with E-state index in [1.807, 2.05) is 26.8 Å². The van der Waals surface area contributed by atoms with Crippen LogP contribution in [0.25, 0.3) is 22.6 Å². The van der Waals surface area contributed by atoms with Crippen LogP contribution in [0.3, 0.4) is 0 Å². The fourth-order valence-electron chi connectivity index (χ4n) is 5.35. The van der Waals surface area contributed by atoms with Crippen LogP contribution in [0.5, 0.6) is 5.75 Å². The predicted molar refractivity (Wildman–Crippen MR) is 142 cm³/mol. The Balaban J connectivity index is 1.57. The second-order valence-electron chi connectivity index (χ2n) is 10.0. The third-order valence-electron chi connectivity index (χ3n) is 7.25. The van der Waals surface area contributed by atoms with E-state index in [0.29, 0.717) is 34.5 Å². The number of ether oxygens (including phenoxy) is 2. The molecule has 1 aromatic carbocycles. The van der Waals surface area contributed by atoms with Gasteiger partial charge in [0.2, 0.25) is 0 Å². The van der Waals surface area contributed by atoms with E-state index >= 15 is 0 Å². The summed E-state index contributed by atoms with van der Waals surface area (Å²) in [7, 11) is 1.79. The van der Waals surface area contributed by atoms with Crippen molar-refractivity contribution in [1.29, 1.82) is 0 Å². The summed E-state index contributed by atoms with van der Waals surface area (Å²) in [6, 6.07) is 5.38. The van der Waals surface area contributed by atoms with Crippen LogP contribution in [0.15, 0.2) is 22.7 Å². The van der Waals surface area contributed by atoms with Crippen molar-refractivity contribution in [2.75, 3.05) is 44.8 Å². The van der Waals surface area contributed by atoms with Crippen LogP contribution in [0.4, 0.5) is 5.82 Å². The van der Waals surface area contributed by atoms with Gasteiger partial charge in [0.25, 0.3) is 0 Å². The standard InChI is InChI=1S/C27H34ClN5O4/c1-16-24(23-17(2)32-37-18(23)3)30-25(31-26(16)33-10-9-27(15-33)8-5-11-36-27)21-12-20(6-7-22(21)28)35-14-19(34)13-29-4/h6-7,12,19,29,34H,5,8-11,13-15H2,1-4H3. The van der Waals surface area contributed by atoms with Crippen molar-refractivity contribution in [1.82, 2.24) is 20.4 Å². The summed E-state index contributed by atoms with van der Waals surface area (Å²) in [5, 5.41) is 17.7. The lowest BCUT2D eigenvalue weighted by Gasteiger charge is -2.25. The number of aliphatic hydroxyl groups is 1. The maximum Gasteiger partial charge on any atom is 0.163 e. The molecular weight excluding hydrogens is 494 g/mol. The summed E-state index contributed by atoms with van der Waals surface area (Å²) in [4.78, 5) is 12.3. The Hall–Kier alpha value is -2.72. The average molecular weight is 528 g/mol. The molecule has 37 heavy (non-hydrogen) atoms. The minimum atomic E-state index is -0.627. The Bertz CT molecular complexity index is 1250. The molecule has 10 heteroatoms. The third-order valence-corrected chi connectivity index (χ3v) is 7.58. The lowest BCUT2D eigenvalue weighted by molar-refractivity contribution is 0.0231. The van der Waals surface area contributed by atoms with Gasteiger partial charge >= 0.3 is 0 Å². The van der Waals surface area contributed by atoms with Gasteiger partial charge in [0, 0.05) is 37.4 Å². The van der Waals surface area contributed by atoms with Crippen LogP contribution in [0.2, 0.25) is 5.02 Å². The lowest BCUT2D eigenvalue weighted by Crippen LogP contribution is -2.33. The Labute approximate surface area is 222 Å². The molecule has 198 valence electrons. The van der Waals surface area contributed by atoms with Crippen LogP contribution in [0.1, 0.15) is 36.3 Å². The number of nitrogens with one attached hydrogen (secondary N) is 1. The minimum Gasteiger partial charge on any atom is -0.491 e. The molecule has 0 aliphatic carbocycles. The van der Waals surface area contributed by atoms with Crippen molar-refractivity contribution in [2.45, 2.75) is 51.7 Å². The number of aliphatic hydroxyl groups excluding tert-OH is 1. The number of hydrogen-bond donors (Lipinski definition) is 2. The number of hydrogen-bond acceptors (Lipinski definition) is 9. The molecule has 2 unspecified atom stereocenters. The van der Waals surface area contributed by atoms with Gasteiger partial charge < -0.3 is 29.3 Å². The van der Waals surface area contributed by atoms with E-state index in [2.05, 4.69) is 15.4 Å². The van der Waals surface area contributed by atoms with Gasteiger partial charge in [0.05, 0.1) is 27.6 Å². The van der Waals surface area contributed by atoms with Gasteiger partial charge in [-0.1, -0.05) is 16.8 Å². The van der Waals surface area contributed by atoms with Gasteiger partial charge in [0.1, 0.15) is 30.0 Å². The van der Waals surface area contributed by atoms with Crippen LogP contribution in [-0.2, 0) is 4.74 Å². The highest BCUT2D eigenvalue weighted by Crippen LogP contribution is 2.41. The number of aromatic nitrogens is 3. The molecule has 2 saturated heterocycles. The average Bonchev–Trinajstić information content (AvgIpc) is 3.61. The number of anilines is 1. The summed E-state index contributed by atoms with van der Waals surface area (Å²) in [5.41, 5.74) is 3.94. The van der Waals surface area contributed by atoms with Gasteiger partial charge in [-0.3, -0.25) is 0 Å². The first-order chi connectivity index (χ1) is 17.8. The van der Waals surface area contributed by atoms with E-state index in [4.69, 9.17) is 35.6 Å². The maximum atomic E-state index is 10.1. The fourth-order valence-corrected chi connectivity index (χ4v) is 5.55. The molecule has 2 fully saturated rings. The molecule has 3 aromatic rings. The van der Waals surface area contributed by atoms with E-state index in [9.17, 15) is 5.11 Å². The number of benzene rings is 1. The molecule has 2 aliphatic heterocycles. The first-order valence-corrected chi connectivity index (χ1v) is 13.1. The quantitative estimate of drug-likeness (QED) is 0.448. The van der Waals surface area contributed by atoms with Crippen molar-refractivity contribution < 1.29 is 19.1 Å². The van der Waals surface area contributed by atoms with E-state index in [0.717, 1.165) is 67.3 Å². The molecule has 9 nitrogen and oxygen atoms in total. The Kier molecular flexibility index (Phi) is 7.40. The molecule has 0 radical (unpaired) electrons. The zero-order valence-electron chi connectivity index (χ0n) is 21.8. The molecule has 2 aromatic heterocycles. The second kappa shape index (κ2) is 10.6. The predicted octanol–water partition coefficient (Wildman–Crippen LogP) is 4.10. The van der Waals surface area contributed by atoms with E-state index in [-0.39, 0.29) is 12.2 Å². The number of rotatable bonds is 8. The number of likely N-dealkylation sites (N-methyl/N-ethyl adjacent to an activating group) is 1. The van der Waals surface area contributed by atoms with E-state index in [1.165, 1.54) is 0 Å². The Morgan fingerprint density at radius 1 is 1.24 bits per heavy atom. The molecular formula is C27H34ClN5O4. The van der Waals surface area contributed by atoms with Crippen LogP contribution in [0, 0.1) is 20.8 Å². The van der Waals surface area contributed by atoms with Crippen molar-refractivity contribution in [3.63, 3.8) is 0 Å². The SMILES string of the molecule is CNCC(O)COc1ccc(Cl)c(-c2nc(-c3c(C)noc3C)c(C)c(N3CCC4(CCCO4)C3)n2)c1. The maximum absolute atomic E-state index is 10.1. The highest BCUT2D eigenvalue weighted by molar-refractivity contribution is 6.33. The van der Waals surface area contributed by atoms with Gasteiger partial charge in [-0.15, -0.1) is 0 Å². The first-order valence-electron chi connectivity index (χ1n) is 12.8. The van der Waals surface area contributed by atoms with Crippen LogP contribution < -0.4 is 15.0 Å². The zero-order valence-corrected chi connectivity index (χ0v) is 22.6. The van der Waals surface area contributed by atoms with Gasteiger partial charge in [-0.05, 0) is 65.3 Å². The first kappa shape index (κ1) is 25.9. The number of nitrogens with zero attached hydrogens (tertiary/aromatic N) is 4.